The molecule has 2 aromatic rings. The Morgan fingerprint density at radius 2 is 1.17 bits per heavy atom. The molecule has 3 saturated carbocycles. The molecule has 28 atom stereocenters. The fourth-order valence-electron chi connectivity index (χ4n) is 15.6. The molecular formula is C61H84O25. The van der Waals surface area contributed by atoms with Crippen molar-refractivity contribution in [2.45, 2.75) is 226 Å². The molecule has 25 nitrogen and oxygen atoms in total. The molecule has 8 aliphatic rings. The number of rotatable bonds is 17. The number of aliphatic hydroxyl groups excluding tert-OH is 8. The van der Waals surface area contributed by atoms with Crippen LogP contribution in [0.3, 0.4) is 0 Å². The van der Waals surface area contributed by atoms with Gasteiger partial charge in [-0.3, -0.25) is 4.79 Å². The first kappa shape index (κ1) is 65.0. The van der Waals surface area contributed by atoms with E-state index >= 15 is 0 Å². The molecule has 7 fully saturated rings. The number of Topliss-reactive ketones (excluding diaryl/α,β-unsaturated/α-hetero) is 1. The third-order valence-corrected chi connectivity index (χ3v) is 20.2. The van der Waals surface area contributed by atoms with Gasteiger partial charge in [0.05, 0.1) is 48.8 Å². The predicted molar refractivity (Wildman–Crippen MR) is 293 cm³/mol. The number of methoxy groups -OCH3 is 2. The average Bonchev–Trinajstić information content (AvgIpc) is 1.25. The van der Waals surface area contributed by atoms with E-state index in [0.29, 0.717) is 19.3 Å². The maximum Gasteiger partial charge on any atom is 0.338 e. The van der Waals surface area contributed by atoms with E-state index in [-0.39, 0.29) is 42.6 Å². The Labute approximate surface area is 497 Å². The van der Waals surface area contributed by atoms with Crippen molar-refractivity contribution in [3.8, 4) is 0 Å². The van der Waals surface area contributed by atoms with Gasteiger partial charge in [0.2, 0.25) is 0 Å². The highest BCUT2D eigenvalue weighted by Gasteiger charge is 2.81. The number of carbonyl (C=O) groups is 3. The minimum atomic E-state index is -2.00. The number of hydrogen-bond acceptors (Lipinski definition) is 25. The minimum Gasteiger partial charge on any atom is -0.454 e. The first-order chi connectivity index (χ1) is 40.9. The number of hydrogen-bond donors (Lipinski definition) is 10. The monoisotopic (exact) mass is 1220 g/mol. The Kier molecular flexibility index (Phi) is 19.4. The van der Waals surface area contributed by atoms with Gasteiger partial charge in [-0.2, -0.15) is 0 Å². The molecule has 0 radical (unpaired) electrons. The molecule has 0 amide bonds. The first-order valence-electron chi connectivity index (χ1n) is 29.7. The Bertz CT molecular complexity index is 2700. The summed E-state index contributed by atoms with van der Waals surface area (Å²) in [5.41, 5.74) is -5.29. The van der Waals surface area contributed by atoms with Crippen molar-refractivity contribution in [1.82, 2.24) is 0 Å². The van der Waals surface area contributed by atoms with Gasteiger partial charge in [-0.05, 0) is 89.0 Å². The molecule has 2 aromatic carbocycles. The molecule has 25 heteroatoms. The van der Waals surface area contributed by atoms with Gasteiger partial charge < -0.3 is 108 Å². The van der Waals surface area contributed by atoms with Crippen molar-refractivity contribution in [1.29, 1.82) is 0 Å². The van der Waals surface area contributed by atoms with Crippen molar-refractivity contribution >= 4 is 17.7 Å². The lowest BCUT2D eigenvalue weighted by molar-refractivity contribution is -0.384. The van der Waals surface area contributed by atoms with E-state index < -0.39 is 194 Å². The summed E-state index contributed by atoms with van der Waals surface area (Å²) >= 11 is 0. The highest BCUT2D eigenvalue weighted by Crippen LogP contribution is 2.71. The maximum atomic E-state index is 14.4. The Morgan fingerprint density at radius 1 is 0.605 bits per heavy atom. The van der Waals surface area contributed by atoms with E-state index in [0.717, 1.165) is 5.57 Å². The standard InChI is InChI=1S/C61H84O25/c1-28(64)35-20-23-61(74)59(35,5)52(86-54(72)32-16-12-9-13-17-32)50(82-53(71)31-14-10-8-11-15-31)51-58(4)21-19-34(24-33(58)18-22-60(51,61)73)79-39-25-36(75-6)46(29(2)77-39)83-57-45(70)49(76-7)47(30(3)78-57)84-56-44(69)42(67)48(38(27-63)81-56)85-55-43(68)41(66)40(65)37(26-62)80-55/h8-18,29-30,34-52,55-57,62-63,65-70,73-74H,19-27H2,1-7H3/t29?,30?,34-,35+,36+,37?,38?,39-,40+,41-,42+,43?,44?,45?,46+,47+,48+,49+,50-,51+,52+,55-,56-,57-,58-,59-,60-,61+/m0/s1. The molecule has 86 heavy (non-hydrogen) atoms. The van der Waals surface area contributed by atoms with Gasteiger partial charge in [0.1, 0.15) is 102 Å². The summed E-state index contributed by atoms with van der Waals surface area (Å²) in [7, 11) is 2.81. The highest BCUT2D eigenvalue weighted by molar-refractivity contribution is 5.91. The van der Waals surface area contributed by atoms with Gasteiger partial charge in [-0.25, -0.2) is 9.59 Å². The van der Waals surface area contributed by atoms with Crippen molar-refractivity contribution in [3.63, 3.8) is 0 Å². The van der Waals surface area contributed by atoms with Crippen molar-refractivity contribution in [3.05, 3.63) is 83.4 Å². The second-order valence-electron chi connectivity index (χ2n) is 24.9. The molecule has 4 aliphatic heterocycles. The molecule has 478 valence electrons. The normalized spacial score (nSPS) is 46.7. The molecule has 10 N–H and O–H groups in total. The summed E-state index contributed by atoms with van der Waals surface area (Å²) in [5.74, 6) is -3.67. The molecule has 4 aliphatic carbocycles. The zero-order chi connectivity index (χ0) is 61.9. The van der Waals surface area contributed by atoms with Crippen LogP contribution in [0.4, 0.5) is 0 Å². The average molecular weight is 1220 g/mol. The summed E-state index contributed by atoms with van der Waals surface area (Å²) < 4.78 is 73.8. The van der Waals surface area contributed by atoms with Gasteiger partial charge in [-0.15, -0.1) is 0 Å². The quantitative estimate of drug-likeness (QED) is 0.0742. The zero-order valence-corrected chi connectivity index (χ0v) is 49.2. The van der Waals surface area contributed by atoms with Crippen LogP contribution in [-0.4, -0.2) is 242 Å². The van der Waals surface area contributed by atoms with Crippen LogP contribution in [0.1, 0.15) is 100 Å². The summed E-state index contributed by atoms with van der Waals surface area (Å²) in [6.07, 6.45) is -26.1. The van der Waals surface area contributed by atoms with E-state index in [1.807, 2.05) is 13.0 Å². The van der Waals surface area contributed by atoms with E-state index in [1.165, 1.54) is 21.1 Å². The summed E-state index contributed by atoms with van der Waals surface area (Å²) in [5, 5.41) is 112. The molecular weight excluding hydrogens is 1130 g/mol. The van der Waals surface area contributed by atoms with Crippen LogP contribution in [0.25, 0.3) is 0 Å². The van der Waals surface area contributed by atoms with Crippen LogP contribution in [0.15, 0.2) is 72.3 Å². The SMILES string of the molecule is CO[C@@H]1C(O)[C@H](O[C@@H]2C(C)O[C@@H](O[C@H]3CC[C@@]4(C)C(=CC[C@]5(O)[C@@H]4[C@H](OC(=O)c4ccccc4)[C@@H](OC(=O)c4ccccc4)[C@]4(C)[C@@H](C(C)=O)CC[C@@]45O)C3)C[C@H]2OC)OC(C)[C@H]1O[C@@H]1OC(CO)[C@@H](O[C@@H]2OC(CO)[C@@H](O)[C@H](O)C2O)[C@H](O)C1O. The Balaban J connectivity index is 0.817. The number of esters is 2. The largest absolute Gasteiger partial charge is 0.454 e. The molecule has 10 rings (SSSR count). The topological polar surface area (TPSA) is 364 Å². The Morgan fingerprint density at radius 3 is 1.78 bits per heavy atom. The Hall–Kier alpha value is -4.01. The van der Waals surface area contributed by atoms with Crippen LogP contribution in [0, 0.1) is 22.7 Å². The van der Waals surface area contributed by atoms with Crippen molar-refractivity contribution in [2.24, 2.45) is 22.7 Å². The number of benzene rings is 2. The van der Waals surface area contributed by atoms with E-state index in [4.69, 9.17) is 56.8 Å². The van der Waals surface area contributed by atoms with Crippen LogP contribution < -0.4 is 0 Å². The third kappa shape index (κ3) is 11.3. The lowest BCUT2D eigenvalue weighted by Crippen LogP contribution is -2.80. The van der Waals surface area contributed by atoms with Crippen LogP contribution in [-0.2, 0) is 61.6 Å². The number of fused-ring (bicyclic) bond motifs is 5. The van der Waals surface area contributed by atoms with Crippen LogP contribution in [0.5, 0.6) is 0 Å². The van der Waals surface area contributed by atoms with E-state index in [9.17, 15) is 65.4 Å². The predicted octanol–water partition coefficient (Wildman–Crippen LogP) is 0.106. The second-order valence-corrected chi connectivity index (χ2v) is 24.9. The van der Waals surface area contributed by atoms with Gasteiger partial charge in [0, 0.05) is 37.9 Å². The molecule has 4 heterocycles. The van der Waals surface area contributed by atoms with Gasteiger partial charge >= 0.3 is 11.9 Å². The fourth-order valence-corrected chi connectivity index (χ4v) is 15.6. The number of ether oxygens (including phenoxy) is 12. The summed E-state index contributed by atoms with van der Waals surface area (Å²) in [6.45, 7) is 6.83. The maximum absolute atomic E-state index is 14.4. The fraction of sp³-hybridized carbons (Fsp3) is 0.721. The molecule has 0 bridgehead atoms. The third-order valence-electron chi connectivity index (χ3n) is 20.2. The molecule has 0 spiro atoms. The smallest absolute Gasteiger partial charge is 0.338 e. The molecule has 4 saturated heterocycles. The van der Waals surface area contributed by atoms with Gasteiger partial charge in [-0.1, -0.05) is 61.9 Å². The lowest BCUT2D eigenvalue weighted by atomic mass is 9.42. The lowest BCUT2D eigenvalue weighted by Gasteiger charge is -2.68. The number of aliphatic hydroxyl groups is 10. The zero-order valence-electron chi connectivity index (χ0n) is 49.2. The van der Waals surface area contributed by atoms with Crippen LogP contribution in [0.2, 0.25) is 0 Å². The van der Waals surface area contributed by atoms with Gasteiger partial charge in [0.15, 0.2) is 25.2 Å². The minimum absolute atomic E-state index is 0.0130. The van der Waals surface area contributed by atoms with Gasteiger partial charge in [0.25, 0.3) is 0 Å². The van der Waals surface area contributed by atoms with E-state index in [2.05, 4.69) is 0 Å². The number of carbonyl (C=O) groups excluding carboxylic acids is 3. The van der Waals surface area contributed by atoms with E-state index in [1.54, 1.807) is 81.4 Å². The molecule has 0 aromatic heterocycles. The summed E-state index contributed by atoms with van der Waals surface area (Å²) in [6, 6.07) is 16.6. The van der Waals surface area contributed by atoms with Crippen molar-refractivity contribution in [2.75, 3.05) is 27.4 Å². The highest BCUT2D eigenvalue weighted by atomic mass is 16.8. The number of ketones is 1. The van der Waals surface area contributed by atoms with Crippen LogP contribution >= 0.6 is 0 Å². The molecule has 7 unspecified atom stereocenters. The summed E-state index contributed by atoms with van der Waals surface area (Å²) in [4.78, 5) is 42.3. The first-order valence-corrected chi connectivity index (χ1v) is 29.7. The van der Waals surface area contributed by atoms with Crippen molar-refractivity contribution < 1.29 is 122 Å². The second kappa shape index (κ2) is 25.7.